The van der Waals surface area contributed by atoms with Crippen LogP contribution in [0.5, 0.6) is 0 Å². The summed E-state index contributed by atoms with van der Waals surface area (Å²) in [6, 6.07) is 0. The highest BCUT2D eigenvalue weighted by Gasteiger charge is 1.96. The molecule has 1 atom stereocenters. The van der Waals surface area contributed by atoms with E-state index in [1.54, 1.807) is 6.92 Å². The van der Waals surface area contributed by atoms with Crippen molar-refractivity contribution >= 4 is 5.97 Å². The minimum atomic E-state index is -0.858. The van der Waals surface area contributed by atoms with E-state index in [1.807, 2.05) is 0 Å². The van der Waals surface area contributed by atoms with Gasteiger partial charge in [-0.3, -0.25) is 10.1 Å². The second-order valence-corrected chi connectivity index (χ2v) is 1.77. The van der Waals surface area contributed by atoms with E-state index in [0.29, 0.717) is 6.54 Å². The smallest absolute Gasteiger partial charge is 0.304 e. The number of aliphatic hydroxyl groups is 1. The summed E-state index contributed by atoms with van der Waals surface area (Å²) in [4.78, 5) is 9.86. The van der Waals surface area contributed by atoms with Crippen molar-refractivity contribution in [1.29, 1.82) is 0 Å². The standard InChI is InChI=1S/C5H11NO3/c1-4(7)6-3-2-5(8)9/h4,6-7H,2-3H2,1H3,(H,8,9). The zero-order valence-electron chi connectivity index (χ0n) is 5.29. The Bertz CT molecular complexity index is 92.2. The highest BCUT2D eigenvalue weighted by Crippen LogP contribution is 1.76. The van der Waals surface area contributed by atoms with Crippen LogP contribution in [0.2, 0.25) is 0 Å². The van der Waals surface area contributed by atoms with Crippen LogP contribution in [0.25, 0.3) is 0 Å². The number of carboxylic acids is 1. The van der Waals surface area contributed by atoms with Gasteiger partial charge in [-0.1, -0.05) is 0 Å². The largest absolute Gasteiger partial charge is 0.481 e. The van der Waals surface area contributed by atoms with Crippen LogP contribution in [-0.2, 0) is 4.79 Å². The van der Waals surface area contributed by atoms with Crippen LogP contribution in [-0.4, -0.2) is 29.0 Å². The molecule has 0 fully saturated rings. The Hall–Kier alpha value is -0.610. The molecule has 0 saturated heterocycles. The molecule has 3 N–H and O–H groups in total. The fourth-order valence-electron chi connectivity index (χ4n) is 0.388. The molecule has 4 heteroatoms. The van der Waals surface area contributed by atoms with E-state index in [9.17, 15) is 4.79 Å². The Kier molecular flexibility index (Phi) is 4.00. The maximum atomic E-state index is 9.86. The van der Waals surface area contributed by atoms with Crippen molar-refractivity contribution in [3.8, 4) is 0 Å². The van der Waals surface area contributed by atoms with Crippen LogP contribution in [0.1, 0.15) is 13.3 Å². The van der Waals surface area contributed by atoms with Gasteiger partial charge < -0.3 is 10.2 Å². The third-order valence-corrected chi connectivity index (χ3v) is 0.779. The Morgan fingerprint density at radius 1 is 1.78 bits per heavy atom. The van der Waals surface area contributed by atoms with E-state index in [1.165, 1.54) is 0 Å². The minimum absolute atomic E-state index is 0.0465. The summed E-state index contributed by atoms with van der Waals surface area (Å²) in [7, 11) is 0. The van der Waals surface area contributed by atoms with E-state index in [-0.39, 0.29) is 6.42 Å². The number of aliphatic carboxylic acids is 1. The van der Waals surface area contributed by atoms with E-state index >= 15 is 0 Å². The fourth-order valence-corrected chi connectivity index (χ4v) is 0.388. The maximum Gasteiger partial charge on any atom is 0.304 e. The van der Waals surface area contributed by atoms with Gasteiger partial charge in [0.05, 0.1) is 6.42 Å². The van der Waals surface area contributed by atoms with Crippen molar-refractivity contribution in [2.45, 2.75) is 19.6 Å². The average Bonchev–Trinajstić information content (AvgIpc) is 1.63. The van der Waals surface area contributed by atoms with Crippen molar-refractivity contribution in [2.75, 3.05) is 6.54 Å². The Morgan fingerprint density at radius 2 is 2.33 bits per heavy atom. The molecular weight excluding hydrogens is 122 g/mol. The first-order valence-corrected chi connectivity index (χ1v) is 2.76. The van der Waals surface area contributed by atoms with Gasteiger partial charge in [-0.25, -0.2) is 0 Å². The Labute approximate surface area is 53.5 Å². The number of hydrogen-bond acceptors (Lipinski definition) is 3. The molecule has 1 unspecified atom stereocenters. The summed E-state index contributed by atoms with van der Waals surface area (Å²) in [5.41, 5.74) is 0. The van der Waals surface area contributed by atoms with Gasteiger partial charge in [0, 0.05) is 6.54 Å². The third-order valence-electron chi connectivity index (χ3n) is 0.779. The van der Waals surface area contributed by atoms with Crippen LogP contribution in [0.4, 0.5) is 0 Å². The zero-order chi connectivity index (χ0) is 7.28. The predicted octanol–water partition coefficient (Wildman–Crippen LogP) is -0.611. The molecule has 0 aliphatic heterocycles. The van der Waals surface area contributed by atoms with Crippen LogP contribution in [0.3, 0.4) is 0 Å². The molecule has 0 spiro atoms. The average molecular weight is 133 g/mol. The van der Waals surface area contributed by atoms with Crippen molar-refractivity contribution in [1.82, 2.24) is 5.32 Å². The molecule has 9 heavy (non-hydrogen) atoms. The molecule has 0 heterocycles. The topological polar surface area (TPSA) is 69.6 Å². The number of hydrogen-bond donors (Lipinski definition) is 3. The number of rotatable bonds is 4. The van der Waals surface area contributed by atoms with Gasteiger partial charge in [-0.15, -0.1) is 0 Å². The van der Waals surface area contributed by atoms with Crippen LogP contribution in [0.15, 0.2) is 0 Å². The summed E-state index contributed by atoms with van der Waals surface area (Å²) in [5, 5.41) is 19.2. The predicted molar refractivity (Wildman–Crippen MR) is 31.9 cm³/mol. The van der Waals surface area contributed by atoms with Gasteiger partial charge in [-0.05, 0) is 6.92 Å². The summed E-state index contributed by atoms with van der Waals surface area (Å²) in [6.45, 7) is 1.86. The first kappa shape index (κ1) is 8.39. The summed E-state index contributed by atoms with van der Waals surface area (Å²) in [6.07, 6.45) is -0.574. The van der Waals surface area contributed by atoms with E-state index in [4.69, 9.17) is 10.2 Å². The molecule has 0 saturated carbocycles. The second-order valence-electron chi connectivity index (χ2n) is 1.77. The zero-order valence-corrected chi connectivity index (χ0v) is 5.29. The van der Waals surface area contributed by atoms with Crippen LogP contribution < -0.4 is 5.32 Å². The van der Waals surface area contributed by atoms with E-state index in [0.717, 1.165) is 0 Å². The maximum absolute atomic E-state index is 9.86. The summed E-state index contributed by atoms with van der Waals surface area (Å²) >= 11 is 0. The Balaban J connectivity index is 3.01. The molecule has 54 valence electrons. The molecule has 0 aliphatic carbocycles. The first-order valence-electron chi connectivity index (χ1n) is 2.76. The molecule has 0 aromatic heterocycles. The van der Waals surface area contributed by atoms with Gasteiger partial charge in [0.1, 0.15) is 6.23 Å². The van der Waals surface area contributed by atoms with E-state index in [2.05, 4.69) is 5.32 Å². The van der Waals surface area contributed by atoms with Gasteiger partial charge in [-0.2, -0.15) is 0 Å². The molecule has 0 aromatic carbocycles. The van der Waals surface area contributed by atoms with E-state index < -0.39 is 12.2 Å². The molecular formula is C5H11NO3. The summed E-state index contributed by atoms with van der Waals surface area (Å²) in [5.74, 6) is -0.858. The lowest BCUT2D eigenvalue weighted by molar-refractivity contribution is -0.136. The van der Waals surface area contributed by atoms with Crippen LogP contribution in [0, 0.1) is 0 Å². The van der Waals surface area contributed by atoms with Crippen molar-refractivity contribution in [3.05, 3.63) is 0 Å². The van der Waals surface area contributed by atoms with Crippen molar-refractivity contribution < 1.29 is 15.0 Å². The summed E-state index contributed by atoms with van der Waals surface area (Å²) < 4.78 is 0. The normalized spacial score (nSPS) is 13.1. The van der Waals surface area contributed by atoms with Gasteiger partial charge in [0.15, 0.2) is 0 Å². The minimum Gasteiger partial charge on any atom is -0.481 e. The Morgan fingerprint density at radius 3 is 2.67 bits per heavy atom. The molecule has 0 aliphatic rings. The van der Waals surface area contributed by atoms with Crippen LogP contribution >= 0.6 is 0 Å². The molecule has 4 nitrogen and oxygen atoms in total. The number of nitrogens with one attached hydrogen (secondary N) is 1. The molecule has 0 radical (unpaired) electrons. The lowest BCUT2D eigenvalue weighted by Crippen LogP contribution is -2.27. The number of carbonyl (C=O) groups is 1. The molecule has 0 aromatic rings. The monoisotopic (exact) mass is 133 g/mol. The quantitative estimate of drug-likeness (QED) is 0.447. The SMILES string of the molecule is CC(O)NCCC(=O)O. The highest BCUT2D eigenvalue weighted by atomic mass is 16.4. The van der Waals surface area contributed by atoms with Gasteiger partial charge >= 0.3 is 5.97 Å². The van der Waals surface area contributed by atoms with Crippen molar-refractivity contribution in [3.63, 3.8) is 0 Å². The number of aliphatic hydroxyl groups excluding tert-OH is 1. The third kappa shape index (κ3) is 7.39. The molecule has 0 rings (SSSR count). The lowest BCUT2D eigenvalue weighted by atomic mass is 10.4. The highest BCUT2D eigenvalue weighted by molar-refractivity contribution is 5.66. The molecule has 0 amide bonds. The number of carboxylic acid groups (broad SMARTS) is 1. The fraction of sp³-hybridized carbons (Fsp3) is 0.800. The molecule has 0 bridgehead atoms. The van der Waals surface area contributed by atoms with Gasteiger partial charge in [0.25, 0.3) is 0 Å². The van der Waals surface area contributed by atoms with Crippen molar-refractivity contribution in [2.24, 2.45) is 0 Å². The first-order chi connectivity index (χ1) is 4.13. The van der Waals surface area contributed by atoms with Gasteiger partial charge in [0.2, 0.25) is 0 Å². The second kappa shape index (κ2) is 4.29. The lowest BCUT2D eigenvalue weighted by Gasteiger charge is -2.03.